The lowest BCUT2D eigenvalue weighted by Gasteiger charge is -2.30. The number of carbonyl (C=O) groups is 2. The zero-order chi connectivity index (χ0) is 22.1. The predicted molar refractivity (Wildman–Crippen MR) is 124 cm³/mol. The Kier molecular flexibility index (Phi) is 9.82. The zero-order valence-electron chi connectivity index (χ0n) is 17.3. The molecular formula is C22H26Cl2N2O3S. The number of benzene rings is 2. The molecule has 2 amide bonds. The third kappa shape index (κ3) is 6.56. The van der Waals surface area contributed by atoms with Crippen LogP contribution in [0.4, 0.5) is 0 Å². The van der Waals surface area contributed by atoms with Crippen LogP contribution in [0.5, 0.6) is 5.75 Å². The molecule has 2 rings (SSSR count). The molecule has 0 unspecified atom stereocenters. The van der Waals surface area contributed by atoms with Crippen molar-refractivity contribution in [1.29, 1.82) is 0 Å². The summed E-state index contributed by atoms with van der Waals surface area (Å²) in [6, 6.07) is 12.3. The SMILES string of the molecule is CC[C@H](C(=O)NC)N(Cc1ccc(OC)cc1)C(=O)CSCc1c(Cl)cccc1Cl. The molecule has 30 heavy (non-hydrogen) atoms. The van der Waals surface area contributed by atoms with Crippen molar-refractivity contribution in [3.05, 3.63) is 63.6 Å². The van der Waals surface area contributed by atoms with E-state index in [0.717, 1.165) is 16.9 Å². The first-order valence-electron chi connectivity index (χ1n) is 9.55. The van der Waals surface area contributed by atoms with Crippen LogP contribution in [0.15, 0.2) is 42.5 Å². The maximum atomic E-state index is 13.1. The number of hydrogen-bond acceptors (Lipinski definition) is 4. The molecule has 0 aliphatic heterocycles. The first-order valence-corrected chi connectivity index (χ1v) is 11.5. The van der Waals surface area contributed by atoms with Crippen LogP contribution in [0, 0.1) is 0 Å². The molecule has 0 heterocycles. The third-order valence-corrected chi connectivity index (χ3v) is 6.33. The molecule has 0 aromatic heterocycles. The monoisotopic (exact) mass is 468 g/mol. The van der Waals surface area contributed by atoms with Gasteiger partial charge in [-0.3, -0.25) is 9.59 Å². The van der Waals surface area contributed by atoms with Crippen LogP contribution in [0.1, 0.15) is 24.5 Å². The van der Waals surface area contributed by atoms with E-state index in [1.54, 1.807) is 37.3 Å². The van der Waals surface area contributed by atoms with Gasteiger partial charge in [0, 0.05) is 29.4 Å². The average molecular weight is 469 g/mol. The first-order chi connectivity index (χ1) is 14.4. The average Bonchev–Trinajstić information content (AvgIpc) is 2.75. The predicted octanol–water partition coefficient (Wildman–Crippen LogP) is 4.79. The molecule has 1 atom stereocenters. The Morgan fingerprint density at radius 2 is 1.77 bits per heavy atom. The minimum absolute atomic E-state index is 0.116. The summed E-state index contributed by atoms with van der Waals surface area (Å²) >= 11 is 13.9. The maximum Gasteiger partial charge on any atom is 0.242 e. The molecule has 5 nitrogen and oxygen atoms in total. The second kappa shape index (κ2) is 12.1. The number of carbonyl (C=O) groups excluding carboxylic acids is 2. The maximum absolute atomic E-state index is 13.1. The van der Waals surface area contributed by atoms with E-state index in [2.05, 4.69) is 5.32 Å². The number of nitrogens with one attached hydrogen (secondary N) is 1. The van der Waals surface area contributed by atoms with Crippen LogP contribution in [0.2, 0.25) is 10.0 Å². The molecule has 1 N–H and O–H groups in total. The van der Waals surface area contributed by atoms with E-state index in [4.69, 9.17) is 27.9 Å². The number of thioether (sulfide) groups is 1. The molecule has 8 heteroatoms. The van der Waals surface area contributed by atoms with Gasteiger partial charge in [-0.2, -0.15) is 0 Å². The van der Waals surface area contributed by atoms with Crippen molar-refractivity contribution < 1.29 is 14.3 Å². The van der Waals surface area contributed by atoms with Crippen LogP contribution >= 0.6 is 35.0 Å². The molecule has 2 aromatic rings. The zero-order valence-corrected chi connectivity index (χ0v) is 19.6. The Balaban J connectivity index is 2.13. The molecule has 0 radical (unpaired) electrons. The van der Waals surface area contributed by atoms with Crippen molar-refractivity contribution in [2.24, 2.45) is 0 Å². The smallest absolute Gasteiger partial charge is 0.242 e. The highest BCUT2D eigenvalue weighted by Crippen LogP contribution is 2.28. The van der Waals surface area contributed by atoms with E-state index in [1.807, 2.05) is 31.2 Å². The van der Waals surface area contributed by atoms with E-state index < -0.39 is 6.04 Å². The highest BCUT2D eigenvalue weighted by atomic mass is 35.5. The minimum atomic E-state index is -0.547. The topological polar surface area (TPSA) is 58.6 Å². The lowest BCUT2D eigenvalue weighted by Crippen LogP contribution is -2.48. The van der Waals surface area contributed by atoms with E-state index in [0.29, 0.717) is 28.8 Å². The third-order valence-electron chi connectivity index (χ3n) is 4.68. The summed E-state index contributed by atoms with van der Waals surface area (Å²) < 4.78 is 5.19. The van der Waals surface area contributed by atoms with Gasteiger partial charge < -0.3 is 15.0 Å². The summed E-state index contributed by atoms with van der Waals surface area (Å²) in [7, 11) is 3.18. The highest BCUT2D eigenvalue weighted by Gasteiger charge is 2.28. The molecule has 162 valence electrons. The van der Waals surface area contributed by atoms with E-state index in [-0.39, 0.29) is 17.6 Å². The van der Waals surface area contributed by atoms with Gasteiger partial charge in [-0.25, -0.2) is 0 Å². The minimum Gasteiger partial charge on any atom is -0.497 e. The number of likely N-dealkylation sites (N-methyl/N-ethyl adjacent to an activating group) is 1. The summed E-state index contributed by atoms with van der Waals surface area (Å²) in [4.78, 5) is 27.1. The highest BCUT2D eigenvalue weighted by molar-refractivity contribution is 7.99. The van der Waals surface area contributed by atoms with Gasteiger partial charge in [-0.1, -0.05) is 48.3 Å². The summed E-state index contributed by atoms with van der Waals surface area (Å²) in [5.41, 5.74) is 1.73. The summed E-state index contributed by atoms with van der Waals surface area (Å²) in [6.07, 6.45) is 0.516. The van der Waals surface area contributed by atoms with E-state index in [1.165, 1.54) is 11.8 Å². The van der Waals surface area contributed by atoms with Gasteiger partial charge in [0.1, 0.15) is 11.8 Å². The van der Waals surface area contributed by atoms with Gasteiger partial charge in [0.05, 0.1) is 12.9 Å². The van der Waals surface area contributed by atoms with Gasteiger partial charge >= 0.3 is 0 Å². The van der Waals surface area contributed by atoms with Crippen LogP contribution in [-0.4, -0.2) is 42.7 Å². The van der Waals surface area contributed by atoms with Crippen molar-refractivity contribution in [1.82, 2.24) is 10.2 Å². The van der Waals surface area contributed by atoms with Crippen molar-refractivity contribution in [2.45, 2.75) is 31.7 Å². The first kappa shape index (κ1) is 24.4. The van der Waals surface area contributed by atoms with Crippen molar-refractivity contribution in [2.75, 3.05) is 19.9 Å². The van der Waals surface area contributed by atoms with Gasteiger partial charge in [0.25, 0.3) is 0 Å². The van der Waals surface area contributed by atoms with Crippen molar-refractivity contribution in [3.8, 4) is 5.75 Å². The fraction of sp³-hybridized carbons (Fsp3) is 0.364. The summed E-state index contributed by atoms with van der Waals surface area (Å²) in [6.45, 7) is 2.23. The molecule has 2 aromatic carbocycles. The molecule has 0 fully saturated rings. The van der Waals surface area contributed by atoms with Crippen LogP contribution < -0.4 is 10.1 Å². The lowest BCUT2D eigenvalue weighted by atomic mass is 10.1. The van der Waals surface area contributed by atoms with E-state index in [9.17, 15) is 9.59 Å². The van der Waals surface area contributed by atoms with Crippen LogP contribution in [0.25, 0.3) is 0 Å². The number of nitrogens with zero attached hydrogens (tertiary/aromatic N) is 1. The van der Waals surface area contributed by atoms with Crippen LogP contribution in [-0.2, 0) is 21.9 Å². The molecule has 0 aliphatic carbocycles. The molecule has 0 saturated carbocycles. The number of methoxy groups -OCH3 is 1. The largest absolute Gasteiger partial charge is 0.497 e. The number of amides is 2. The Hall–Kier alpha value is -1.89. The van der Waals surface area contributed by atoms with Gasteiger partial charge in [-0.05, 0) is 41.8 Å². The fourth-order valence-electron chi connectivity index (χ4n) is 3.01. The second-order valence-corrected chi connectivity index (χ2v) is 8.40. The quantitative estimate of drug-likeness (QED) is 0.544. The summed E-state index contributed by atoms with van der Waals surface area (Å²) in [5.74, 6) is 1.16. The molecule has 0 bridgehead atoms. The van der Waals surface area contributed by atoms with Gasteiger partial charge in [0.2, 0.25) is 11.8 Å². The normalized spacial score (nSPS) is 11.6. The fourth-order valence-corrected chi connectivity index (χ4v) is 4.65. The van der Waals surface area contributed by atoms with Crippen molar-refractivity contribution >= 4 is 46.8 Å². The second-order valence-electron chi connectivity index (χ2n) is 6.60. The lowest BCUT2D eigenvalue weighted by molar-refractivity contribution is -0.139. The Morgan fingerprint density at radius 1 is 1.13 bits per heavy atom. The van der Waals surface area contributed by atoms with Gasteiger partial charge in [0.15, 0.2) is 0 Å². The standard InChI is InChI=1S/C22H26Cl2N2O3S/c1-4-20(22(28)25-2)26(12-15-8-10-16(29-3)11-9-15)21(27)14-30-13-17-18(23)6-5-7-19(17)24/h5-11,20H,4,12-14H2,1-3H3,(H,25,28)/t20-/m1/s1. The molecule has 0 saturated heterocycles. The van der Waals surface area contributed by atoms with Crippen LogP contribution in [0.3, 0.4) is 0 Å². The number of halogens is 2. The Bertz CT molecular complexity index is 842. The summed E-state index contributed by atoms with van der Waals surface area (Å²) in [5, 5.41) is 3.81. The van der Waals surface area contributed by atoms with E-state index >= 15 is 0 Å². The van der Waals surface area contributed by atoms with Crippen molar-refractivity contribution in [3.63, 3.8) is 0 Å². The van der Waals surface area contributed by atoms with Gasteiger partial charge in [-0.15, -0.1) is 11.8 Å². The number of rotatable bonds is 10. The number of ether oxygens (including phenoxy) is 1. The molecule has 0 spiro atoms. The Labute approximate surface area is 192 Å². The number of hydrogen-bond donors (Lipinski definition) is 1. The molecular weight excluding hydrogens is 443 g/mol. The molecule has 0 aliphatic rings. The Morgan fingerprint density at radius 3 is 2.30 bits per heavy atom.